The minimum absolute atomic E-state index is 0. The van der Waals surface area contributed by atoms with Gasteiger partial charge in [-0.25, -0.2) is 0 Å². The second-order valence-corrected chi connectivity index (χ2v) is 7.86. The third-order valence-corrected chi connectivity index (χ3v) is 4.43. The number of amides is 1. The highest BCUT2D eigenvalue weighted by molar-refractivity contribution is 5.95. The molecule has 7 heteroatoms. The average Bonchev–Trinajstić information content (AvgIpc) is 3.21. The van der Waals surface area contributed by atoms with Crippen LogP contribution in [-0.2, 0) is 6.42 Å². The van der Waals surface area contributed by atoms with Crippen molar-refractivity contribution in [2.75, 3.05) is 13.1 Å². The number of hydrogen-bond donors (Lipinski definition) is 1. The Morgan fingerprint density at radius 2 is 2.15 bits per heavy atom. The van der Waals surface area contributed by atoms with Gasteiger partial charge in [-0.3, -0.25) is 4.79 Å². The fourth-order valence-corrected chi connectivity index (χ4v) is 3.20. The van der Waals surface area contributed by atoms with Gasteiger partial charge in [0.05, 0.1) is 0 Å². The molecule has 0 radical (unpaired) electrons. The quantitative estimate of drug-likeness (QED) is 0.882. The summed E-state index contributed by atoms with van der Waals surface area (Å²) in [5.41, 5.74) is 7.29. The van der Waals surface area contributed by atoms with Gasteiger partial charge >= 0.3 is 0 Å². The van der Waals surface area contributed by atoms with E-state index in [-0.39, 0.29) is 29.8 Å². The highest BCUT2D eigenvalue weighted by Crippen LogP contribution is 2.24. The van der Waals surface area contributed by atoms with Gasteiger partial charge in [-0.1, -0.05) is 38.1 Å². The Kier molecular flexibility index (Phi) is 6.42. The minimum atomic E-state index is 0. The zero-order valence-corrected chi connectivity index (χ0v) is 16.4. The molecular formula is C19H27ClN4O2. The number of carbonyl (C=O) groups is 1. The molecule has 0 saturated carbocycles. The number of nitrogens with zero attached hydrogens (tertiary/aromatic N) is 3. The van der Waals surface area contributed by atoms with E-state index >= 15 is 0 Å². The zero-order chi connectivity index (χ0) is 18.0. The predicted octanol–water partition coefficient (Wildman–Crippen LogP) is 3.31. The maximum Gasteiger partial charge on any atom is 0.254 e. The minimum Gasteiger partial charge on any atom is -0.339 e. The number of aromatic nitrogens is 2. The number of nitrogens with two attached hydrogens (primary N) is 1. The van der Waals surface area contributed by atoms with Gasteiger partial charge in [0, 0.05) is 36.7 Å². The lowest BCUT2D eigenvalue weighted by Gasteiger charge is -2.23. The van der Waals surface area contributed by atoms with Crippen molar-refractivity contribution in [3.05, 3.63) is 35.7 Å². The van der Waals surface area contributed by atoms with Crippen LogP contribution in [0.4, 0.5) is 0 Å². The molecule has 26 heavy (non-hydrogen) atoms. The zero-order valence-electron chi connectivity index (χ0n) is 15.6. The molecule has 142 valence electrons. The van der Waals surface area contributed by atoms with Crippen molar-refractivity contribution in [1.82, 2.24) is 15.0 Å². The topological polar surface area (TPSA) is 85.2 Å². The standard InChI is InChI=1S/C19H26N4O2.ClH/c1-19(2,3)11-16-21-17(22-25-16)13-6-4-7-14(10-13)18(24)23-9-5-8-15(23)12-20;/h4,6-7,10,15H,5,8-9,11-12,20H2,1-3H3;1H. The molecule has 1 atom stereocenters. The van der Waals surface area contributed by atoms with E-state index in [4.69, 9.17) is 10.3 Å². The summed E-state index contributed by atoms with van der Waals surface area (Å²) < 4.78 is 5.36. The van der Waals surface area contributed by atoms with E-state index in [2.05, 4.69) is 30.9 Å². The smallest absolute Gasteiger partial charge is 0.254 e. The monoisotopic (exact) mass is 378 g/mol. The summed E-state index contributed by atoms with van der Waals surface area (Å²) in [5, 5.41) is 4.07. The molecule has 1 aromatic carbocycles. The lowest BCUT2D eigenvalue weighted by atomic mass is 9.92. The maximum atomic E-state index is 12.8. The fraction of sp³-hybridized carbons (Fsp3) is 0.526. The lowest BCUT2D eigenvalue weighted by molar-refractivity contribution is 0.0741. The Morgan fingerprint density at radius 3 is 2.85 bits per heavy atom. The Bertz CT molecular complexity index is 754. The SMILES string of the molecule is CC(C)(C)Cc1nc(-c2cccc(C(=O)N3CCCC3CN)c2)no1.Cl. The van der Waals surface area contributed by atoms with E-state index in [9.17, 15) is 4.79 Å². The molecule has 1 aliphatic heterocycles. The van der Waals surface area contributed by atoms with Crippen LogP contribution >= 0.6 is 12.4 Å². The highest BCUT2D eigenvalue weighted by Gasteiger charge is 2.28. The number of halogens is 1. The molecule has 1 aliphatic rings. The van der Waals surface area contributed by atoms with E-state index < -0.39 is 0 Å². The van der Waals surface area contributed by atoms with Crippen molar-refractivity contribution in [2.24, 2.45) is 11.1 Å². The first-order valence-corrected chi connectivity index (χ1v) is 8.81. The van der Waals surface area contributed by atoms with Crippen LogP contribution in [0, 0.1) is 5.41 Å². The van der Waals surface area contributed by atoms with E-state index in [1.54, 1.807) is 0 Å². The van der Waals surface area contributed by atoms with Crippen LogP contribution in [0.2, 0.25) is 0 Å². The maximum absolute atomic E-state index is 12.8. The van der Waals surface area contributed by atoms with E-state index in [1.807, 2.05) is 29.2 Å². The molecule has 0 bridgehead atoms. The largest absolute Gasteiger partial charge is 0.339 e. The summed E-state index contributed by atoms with van der Waals surface area (Å²) >= 11 is 0. The van der Waals surface area contributed by atoms with Gasteiger partial charge in [0.25, 0.3) is 5.91 Å². The fourth-order valence-electron chi connectivity index (χ4n) is 3.20. The van der Waals surface area contributed by atoms with Gasteiger partial charge < -0.3 is 15.2 Å². The van der Waals surface area contributed by atoms with Crippen LogP contribution in [0.15, 0.2) is 28.8 Å². The van der Waals surface area contributed by atoms with Gasteiger partial charge in [-0.2, -0.15) is 4.98 Å². The first-order chi connectivity index (χ1) is 11.9. The Morgan fingerprint density at radius 1 is 1.38 bits per heavy atom. The number of rotatable bonds is 4. The van der Waals surface area contributed by atoms with Gasteiger partial charge in [-0.05, 0) is 30.4 Å². The van der Waals surface area contributed by atoms with E-state index in [1.165, 1.54) is 0 Å². The normalized spacial score (nSPS) is 17.2. The van der Waals surface area contributed by atoms with E-state index in [0.29, 0.717) is 30.2 Å². The molecule has 2 N–H and O–H groups in total. The number of carbonyl (C=O) groups excluding carboxylic acids is 1. The third-order valence-electron chi connectivity index (χ3n) is 4.43. The third kappa shape index (κ3) is 4.62. The van der Waals surface area contributed by atoms with Gasteiger partial charge in [-0.15, -0.1) is 12.4 Å². The van der Waals surface area contributed by atoms with Crippen LogP contribution < -0.4 is 5.73 Å². The first kappa shape index (κ1) is 20.4. The second kappa shape index (κ2) is 8.18. The van der Waals surface area contributed by atoms with Gasteiger partial charge in [0.2, 0.25) is 11.7 Å². The number of benzene rings is 1. The Labute approximate surface area is 160 Å². The van der Waals surface area contributed by atoms with Crippen LogP contribution in [0.5, 0.6) is 0 Å². The van der Waals surface area contributed by atoms with Crippen LogP contribution in [0.25, 0.3) is 11.4 Å². The van der Waals surface area contributed by atoms with Crippen LogP contribution in [0.3, 0.4) is 0 Å². The summed E-state index contributed by atoms with van der Waals surface area (Å²) in [4.78, 5) is 19.1. The van der Waals surface area contributed by atoms with Gasteiger partial charge in [0.1, 0.15) is 0 Å². The van der Waals surface area contributed by atoms with Crippen molar-refractivity contribution in [3.8, 4) is 11.4 Å². The highest BCUT2D eigenvalue weighted by atomic mass is 35.5. The molecule has 0 aliphatic carbocycles. The number of hydrogen-bond acceptors (Lipinski definition) is 5. The Hall–Kier alpha value is -1.92. The number of likely N-dealkylation sites (tertiary alicyclic amines) is 1. The summed E-state index contributed by atoms with van der Waals surface area (Å²) in [6.07, 6.45) is 2.70. The average molecular weight is 379 g/mol. The first-order valence-electron chi connectivity index (χ1n) is 8.81. The molecule has 1 unspecified atom stereocenters. The second-order valence-electron chi connectivity index (χ2n) is 7.86. The molecular weight excluding hydrogens is 352 g/mol. The molecule has 6 nitrogen and oxygen atoms in total. The summed E-state index contributed by atoms with van der Waals surface area (Å²) in [5.74, 6) is 1.15. The van der Waals surface area contributed by atoms with Crippen molar-refractivity contribution < 1.29 is 9.32 Å². The molecule has 1 amide bonds. The molecule has 3 rings (SSSR count). The molecule has 2 heterocycles. The van der Waals surface area contributed by atoms with Crippen LogP contribution in [-0.4, -0.2) is 40.1 Å². The summed E-state index contributed by atoms with van der Waals surface area (Å²) in [6.45, 7) is 7.65. The predicted molar refractivity (Wildman–Crippen MR) is 103 cm³/mol. The van der Waals surface area contributed by atoms with Crippen molar-refractivity contribution >= 4 is 18.3 Å². The molecule has 0 spiro atoms. The van der Waals surface area contributed by atoms with Crippen molar-refractivity contribution in [3.63, 3.8) is 0 Å². The van der Waals surface area contributed by atoms with Crippen molar-refractivity contribution in [1.29, 1.82) is 0 Å². The molecule has 1 fully saturated rings. The Balaban J connectivity index is 0.00000243. The van der Waals surface area contributed by atoms with E-state index in [0.717, 1.165) is 24.9 Å². The summed E-state index contributed by atoms with van der Waals surface area (Å²) in [7, 11) is 0. The molecule has 2 aromatic rings. The van der Waals surface area contributed by atoms with Crippen LogP contribution in [0.1, 0.15) is 49.9 Å². The summed E-state index contributed by atoms with van der Waals surface area (Å²) in [6, 6.07) is 7.55. The van der Waals surface area contributed by atoms with Crippen molar-refractivity contribution in [2.45, 2.75) is 46.1 Å². The molecule has 1 saturated heterocycles. The van der Waals surface area contributed by atoms with Gasteiger partial charge in [0.15, 0.2) is 0 Å². The molecule has 1 aromatic heterocycles. The lowest BCUT2D eigenvalue weighted by Crippen LogP contribution is -2.39.